The van der Waals surface area contributed by atoms with Gasteiger partial charge in [-0.3, -0.25) is 4.79 Å². The number of hydrogen-bond acceptors (Lipinski definition) is 2. The average Bonchev–Trinajstić information content (AvgIpc) is 3.23. The van der Waals surface area contributed by atoms with Crippen LogP contribution in [0.15, 0.2) is 0 Å². The molecule has 0 radical (unpaired) electrons. The van der Waals surface area contributed by atoms with E-state index in [1.807, 2.05) is 0 Å². The van der Waals surface area contributed by atoms with E-state index in [4.69, 9.17) is 0 Å². The quantitative estimate of drug-likeness (QED) is 0.787. The smallest absolute Gasteiger partial charge is 0.225 e. The summed E-state index contributed by atoms with van der Waals surface area (Å²) < 4.78 is 0. The van der Waals surface area contributed by atoms with Crippen molar-refractivity contribution in [1.29, 1.82) is 0 Å². The summed E-state index contributed by atoms with van der Waals surface area (Å²) in [6, 6.07) is 0.569. The molecule has 2 aliphatic rings. The lowest BCUT2D eigenvalue weighted by atomic mass is 9.96. The number of nitrogens with one attached hydrogen (secondary N) is 1. The van der Waals surface area contributed by atoms with E-state index in [-0.39, 0.29) is 5.92 Å². The molecule has 1 atom stereocenters. The van der Waals surface area contributed by atoms with E-state index in [0.717, 1.165) is 32.5 Å². The van der Waals surface area contributed by atoms with Gasteiger partial charge in [0.15, 0.2) is 0 Å². The Morgan fingerprint density at radius 3 is 2.50 bits per heavy atom. The van der Waals surface area contributed by atoms with Gasteiger partial charge in [0, 0.05) is 18.5 Å². The molecule has 0 aromatic heterocycles. The average molecular weight is 252 g/mol. The fourth-order valence-corrected chi connectivity index (χ4v) is 3.04. The van der Waals surface area contributed by atoms with Gasteiger partial charge in [0.2, 0.25) is 5.91 Å². The second-order valence-corrected chi connectivity index (χ2v) is 5.95. The second-order valence-electron chi connectivity index (χ2n) is 5.95. The maximum Gasteiger partial charge on any atom is 0.225 e. The van der Waals surface area contributed by atoms with Gasteiger partial charge in [-0.15, -0.1) is 0 Å². The highest BCUT2D eigenvalue weighted by atomic mass is 16.2. The summed E-state index contributed by atoms with van der Waals surface area (Å²) in [6.45, 7) is 7.52. The van der Waals surface area contributed by atoms with Crippen LogP contribution < -0.4 is 5.32 Å². The maximum atomic E-state index is 12.6. The number of carbonyl (C=O) groups excluding carboxylic acids is 1. The Bertz CT molecular complexity index is 266. The summed E-state index contributed by atoms with van der Waals surface area (Å²) in [5, 5.41) is 3.46. The topological polar surface area (TPSA) is 32.3 Å². The van der Waals surface area contributed by atoms with Crippen molar-refractivity contribution in [3.63, 3.8) is 0 Å². The third-order valence-corrected chi connectivity index (χ3v) is 4.46. The van der Waals surface area contributed by atoms with Crippen molar-refractivity contribution in [3.05, 3.63) is 0 Å². The molecule has 0 spiro atoms. The van der Waals surface area contributed by atoms with E-state index >= 15 is 0 Å². The van der Waals surface area contributed by atoms with Crippen molar-refractivity contribution >= 4 is 5.91 Å². The molecule has 1 N–H and O–H groups in total. The summed E-state index contributed by atoms with van der Waals surface area (Å²) in [5.74, 6) is 1.35. The number of rotatable bonds is 6. The number of carbonyl (C=O) groups is 1. The van der Waals surface area contributed by atoms with Crippen molar-refractivity contribution in [2.24, 2.45) is 11.8 Å². The summed E-state index contributed by atoms with van der Waals surface area (Å²) in [7, 11) is 0. The second kappa shape index (κ2) is 6.55. The first-order chi connectivity index (χ1) is 8.76. The molecule has 0 aromatic carbocycles. The van der Waals surface area contributed by atoms with E-state index < -0.39 is 0 Å². The molecule has 1 amide bonds. The van der Waals surface area contributed by atoms with Crippen LogP contribution in [-0.2, 0) is 4.79 Å². The molecule has 3 heteroatoms. The van der Waals surface area contributed by atoms with E-state index in [1.54, 1.807) is 0 Å². The Labute approximate surface area is 111 Å². The third kappa shape index (κ3) is 3.47. The fourth-order valence-electron chi connectivity index (χ4n) is 3.04. The monoisotopic (exact) mass is 252 g/mol. The maximum absolute atomic E-state index is 12.6. The van der Waals surface area contributed by atoms with Crippen molar-refractivity contribution in [1.82, 2.24) is 10.2 Å². The highest BCUT2D eigenvalue weighted by molar-refractivity contribution is 5.79. The Morgan fingerprint density at radius 2 is 2.00 bits per heavy atom. The molecule has 104 valence electrons. The minimum atomic E-state index is 0.252. The Hall–Kier alpha value is -0.570. The molecule has 1 unspecified atom stereocenters. The minimum absolute atomic E-state index is 0.252. The van der Waals surface area contributed by atoms with Crippen LogP contribution >= 0.6 is 0 Å². The molecule has 0 bridgehead atoms. The molecule has 1 saturated heterocycles. The number of amides is 1. The zero-order valence-corrected chi connectivity index (χ0v) is 12.0. The Kier molecular flexibility index (Phi) is 5.04. The van der Waals surface area contributed by atoms with Gasteiger partial charge in [-0.25, -0.2) is 0 Å². The predicted molar refractivity (Wildman–Crippen MR) is 74.4 cm³/mol. The van der Waals surface area contributed by atoms with Crippen molar-refractivity contribution in [2.45, 2.75) is 58.4 Å². The van der Waals surface area contributed by atoms with Gasteiger partial charge in [0.05, 0.1) is 0 Å². The minimum Gasteiger partial charge on any atom is -0.339 e. The van der Waals surface area contributed by atoms with Gasteiger partial charge >= 0.3 is 0 Å². The normalized spacial score (nSPS) is 24.3. The van der Waals surface area contributed by atoms with Crippen LogP contribution in [0.5, 0.6) is 0 Å². The molecule has 1 aliphatic carbocycles. The SMILES string of the molecule is CCC(CC)C(=O)N(CC1CCCNC1)C1CC1. The lowest BCUT2D eigenvalue weighted by Crippen LogP contribution is -2.44. The lowest BCUT2D eigenvalue weighted by Gasteiger charge is -2.32. The lowest BCUT2D eigenvalue weighted by molar-refractivity contribution is -0.137. The van der Waals surface area contributed by atoms with Crippen LogP contribution in [0.4, 0.5) is 0 Å². The first-order valence-corrected chi connectivity index (χ1v) is 7.77. The van der Waals surface area contributed by atoms with E-state index in [0.29, 0.717) is 17.9 Å². The first kappa shape index (κ1) is 13.9. The highest BCUT2D eigenvalue weighted by Gasteiger charge is 2.36. The Balaban J connectivity index is 1.92. The summed E-state index contributed by atoms with van der Waals surface area (Å²) in [6.07, 6.45) is 6.98. The van der Waals surface area contributed by atoms with Crippen LogP contribution in [0.25, 0.3) is 0 Å². The van der Waals surface area contributed by atoms with Crippen molar-refractivity contribution in [2.75, 3.05) is 19.6 Å². The predicted octanol–water partition coefficient (Wildman–Crippen LogP) is 2.41. The van der Waals surface area contributed by atoms with Gasteiger partial charge < -0.3 is 10.2 Å². The molecule has 1 heterocycles. The molecule has 2 fully saturated rings. The largest absolute Gasteiger partial charge is 0.339 e. The van der Waals surface area contributed by atoms with Gasteiger partial charge in [0.1, 0.15) is 0 Å². The zero-order chi connectivity index (χ0) is 13.0. The summed E-state index contributed by atoms with van der Waals surface area (Å²) in [5.41, 5.74) is 0. The molecular formula is C15H28N2O. The standard InChI is InChI=1S/C15H28N2O/c1-3-13(4-2)15(18)17(14-7-8-14)11-12-6-5-9-16-10-12/h12-14,16H,3-11H2,1-2H3. The first-order valence-electron chi connectivity index (χ1n) is 7.77. The van der Waals surface area contributed by atoms with Crippen molar-refractivity contribution in [3.8, 4) is 0 Å². The third-order valence-electron chi connectivity index (χ3n) is 4.46. The molecular weight excluding hydrogens is 224 g/mol. The van der Waals surface area contributed by atoms with Crippen LogP contribution in [-0.4, -0.2) is 36.5 Å². The summed E-state index contributed by atoms with van der Waals surface area (Å²) in [4.78, 5) is 14.8. The van der Waals surface area contributed by atoms with Gasteiger partial charge in [0.25, 0.3) is 0 Å². The highest BCUT2D eigenvalue weighted by Crippen LogP contribution is 2.30. The van der Waals surface area contributed by atoms with Crippen molar-refractivity contribution < 1.29 is 4.79 Å². The summed E-state index contributed by atoms with van der Waals surface area (Å²) >= 11 is 0. The van der Waals surface area contributed by atoms with Crippen LogP contribution in [0, 0.1) is 11.8 Å². The van der Waals surface area contributed by atoms with Crippen LogP contribution in [0.1, 0.15) is 52.4 Å². The van der Waals surface area contributed by atoms with E-state index in [2.05, 4.69) is 24.1 Å². The zero-order valence-electron chi connectivity index (χ0n) is 12.0. The van der Waals surface area contributed by atoms with Gasteiger partial charge in [-0.2, -0.15) is 0 Å². The molecule has 3 nitrogen and oxygen atoms in total. The van der Waals surface area contributed by atoms with Gasteiger partial charge in [-0.05, 0) is 57.5 Å². The molecule has 1 aliphatic heterocycles. The Morgan fingerprint density at radius 1 is 1.28 bits per heavy atom. The fraction of sp³-hybridized carbons (Fsp3) is 0.933. The van der Waals surface area contributed by atoms with E-state index in [9.17, 15) is 4.79 Å². The number of nitrogens with zero attached hydrogens (tertiary/aromatic N) is 1. The number of piperidine rings is 1. The number of hydrogen-bond donors (Lipinski definition) is 1. The molecule has 18 heavy (non-hydrogen) atoms. The molecule has 2 rings (SSSR count). The molecule has 1 saturated carbocycles. The van der Waals surface area contributed by atoms with Gasteiger partial charge in [-0.1, -0.05) is 13.8 Å². The van der Waals surface area contributed by atoms with E-state index in [1.165, 1.54) is 25.7 Å². The molecule has 0 aromatic rings. The van der Waals surface area contributed by atoms with Crippen LogP contribution in [0.3, 0.4) is 0 Å². The van der Waals surface area contributed by atoms with Crippen LogP contribution in [0.2, 0.25) is 0 Å².